The van der Waals surface area contributed by atoms with Gasteiger partial charge >= 0.3 is 0 Å². The smallest absolute Gasteiger partial charge is 0.0195 e. The topological polar surface area (TPSA) is 3.24 Å². The van der Waals surface area contributed by atoms with E-state index in [4.69, 9.17) is 0 Å². The van der Waals surface area contributed by atoms with Crippen LogP contribution in [0.25, 0.3) is 0 Å². The predicted molar refractivity (Wildman–Crippen MR) is 88.6 cm³/mol. The van der Waals surface area contributed by atoms with Crippen LogP contribution < -0.4 is 0 Å². The molecule has 2 rings (SSSR count). The molecule has 2 aliphatic rings. The summed E-state index contributed by atoms with van der Waals surface area (Å²) in [5.41, 5.74) is 0.607. The second-order valence-electron chi connectivity index (χ2n) is 8.27. The third-order valence-corrected chi connectivity index (χ3v) is 5.17. The number of hydrogen-bond donors (Lipinski definition) is 0. The van der Waals surface area contributed by atoms with Crippen molar-refractivity contribution >= 4 is 0 Å². The first kappa shape index (κ1) is 15.9. The maximum atomic E-state index is 2.55. The molecule has 1 spiro atoms. The molecule has 1 saturated carbocycles. The zero-order valence-corrected chi connectivity index (χ0v) is 14.2. The van der Waals surface area contributed by atoms with E-state index in [-0.39, 0.29) is 0 Å². The number of rotatable bonds is 7. The van der Waals surface area contributed by atoms with Gasteiger partial charge in [-0.2, -0.15) is 0 Å². The molecule has 116 valence electrons. The standard InChI is InChI=1S/C19H35N/c1-16(2)7-5-6-8-18-13-19(14-18)9-11-20(12-10-19)15-17(3)4/h9,11,16-18H,5-8,10,12-15H2,1-4H3. The molecule has 20 heavy (non-hydrogen) atoms. The molecular formula is C19H35N. The Kier molecular flexibility index (Phi) is 5.57. The van der Waals surface area contributed by atoms with E-state index < -0.39 is 0 Å². The lowest BCUT2D eigenvalue weighted by Crippen LogP contribution is -2.42. The fourth-order valence-corrected chi connectivity index (χ4v) is 4.03. The fourth-order valence-electron chi connectivity index (χ4n) is 4.03. The molecule has 1 heterocycles. The highest BCUT2D eigenvalue weighted by Crippen LogP contribution is 2.52. The van der Waals surface area contributed by atoms with E-state index in [2.05, 4.69) is 44.9 Å². The first-order valence-corrected chi connectivity index (χ1v) is 8.92. The second-order valence-corrected chi connectivity index (χ2v) is 8.27. The van der Waals surface area contributed by atoms with Gasteiger partial charge in [0.15, 0.2) is 0 Å². The van der Waals surface area contributed by atoms with Gasteiger partial charge < -0.3 is 4.90 Å². The summed E-state index contributed by atoms with van der Waals surface area (Å²) in [5.74, 6) is 2.70. The van der Waals surface area contributed by atoms with Crippen molar-refractivity contribution in [3.8, 4) is 0 Å². The maximum Gasteiger partial charge on any atom is 0.0195 e. The molecule has 1 nitrogen and oxygen atoms in total. The molecule has 0 bridgehead atoms. The van der Waals surface area contributed by atoms with Crippen LogP contribution in [-0.4, -0.2) is 18.0 Å². The highest BCUT2D eigenvalue weighted by molar-refractivity contribution is 5.10. The van der Waals surface area contributed by atoms with Gasteiger partial charge in [-0.3, -0.25) is 0 Å². The van der Waals surface area contributed by atoms with Gasteiger partial charge in [0.25, 0.3) is 0 Å². The molecule has 1 heteroatoms. The number of hydrogen-bond acceptors (Lipinski definition) is 1. The molecule has 0 aromatic carbocycles. The van der Waals surface area contributed by atoms with Crippen molar-refractivity contribution in [2.45, 2.75) is 72.6 Å². The van der Waals surface area contributed by atoms with Crippen LogP contribution in [0.2, 0.25) is 0 Å². The zero-order chi connectivity index (χ0) is 14.6. The van der Waals surface area contributed by atoms with E-state index >= 15 is 0 Å². The number of nitrogens with zero attached hydrogens (tertiary/aromatic N) is 1. The third kappa shape index (κ3) is 4.53. The van der Waals surface area contributed by atoms with Crippen LogP contribution in [0.3, 0.4) is 0 Å². The lowest BCUT2D eigenvalue weighted by molar-refractivity contribution is 0.0655. The Balaban J connectivity index is 1.63. The second kappa shape index (κ2) is 7.00. The molecule has 1 fully saturated rings. The SMILES string of the molecule is CC(C)CCCCC1CC2(C=CN(CC(C)C)CC2)C1. The van der Waals surface area contributed by atoms with Gasteiger partial charge in [-0.25, -0.2) is 0 Å². The Morgan fingerprint density at radius 3 is 2.40 bits per heavy atom. The van der Waals surface area contributed by atoms with Crippen LogP contribution in [0, 0.1) is 23.2 Å². The highest BCUT2D eigenvalue weighted by atomic mass is 15.1. The summed E-state index contributed by atoms with van der Waals surface area (Å²) in [7, 11) is 0. The molecule has 1 aliphatic carbocycles. The van der Waals surface area contributed by atoms with Crippen molar-refractivity contribution < 1.29 is 0 Å². The molecule has 0 unspecified atom stereocenters. The van der Waals surface area contributed by atoms with Crippen LogP contribution in [0.15, 0.2) is 12.3 Å². The molecule has 0 atom stereocenters. The largest absolute Gasteiger partial charge is 0.377 e. The Labute approximate surface area is 126 Å². The van der Waals surface area contributed by atoms with Crippen molar-refractivity contribution in [1.82, 2.24) is 4.90 Å². The van der Waals surface area contributed by atoms with E-state index in [1.54, 1.807) is 0 Å². The summed E-state index contributed by atoms with van der Waals surface area (Å²) in [4.78, 5) is 2.52. The summed E-state index contributed by atoms with van der Waals surface area (Å²) in [6.45, 7) is 11.8. The van der Waals surface area contributed by atoms with Crippen LogP contribution in [0.4, 0.5) is 0 Å². The molecule has 0 aromatic rings. The van der Waals surface area contributed by atoms with E-state index in [0.29, 0.717) is 5.41 Å². The fraction of sp³-hybridized carbons (Fsp3) is 0.895. The molecule has 0 radical (unpaired) electrons. The summed E-state index contributed by atoms with van der Waals surface area (Å²) < 4.78 is 0. The van der Waals surface area contributed by atoms with Gasteiger partial charge in [0.1, 0.15) is 0 Å². The van der Waals surface area contributed by atoms with E-state index in [9.17, 15) is 0 Å². The first-order chi connectivity index (χ1) is 9.49. The minimum Gasteiger partial charge on any atom is -0.377 e. The lowest BCUT2D eigenvalue weighted by atomic mass is 9.58. The van der Waals surface area contributed by atoms with Crippen LogP contribution >= 0.6 is 0 Å². The quantitative estimate of drug-likeness (QED) is 0.557. The maximum absolute atomic E-state index is 2.55. The molecule has 1 aliphatic heterocycles. The van der Waals surface area contributed by atoms with E-state index in [1.807, 2.05) is 0 Å². The summed E-state index contributed by atoms with van der Waals surface area (Å²) in [6, 6.07) is 0. The Morgan fingerprint density at radius 1 is 1.10 bits per heavy atom. The minimum atomic E-state index is 0.607. The predicted octanol–water partition coefficient (Wildman–Crippen LogP) is 5.47. The molecule has 0 amide bonds. The average Bonchev–Trinajstić information content (AvgIpc) is 2.33. The van der Waals surface area contributed by atoms with Gasteiger partial charge in [0.2, 0.25) is 0 Å². The van der Waals surface area contributed by atoms with E-state index in [1.165, 1.54) is 58.0 Å². The lowest BCUT2D eigenvalue weighted by Gasteiger charge is -2.49. The zero-order valence-electron chi connectivity index (χ0n) is 14.2. The molecule has 0 saturated heterocycles. The van der Waals surface area contributed by atoms with Crippen LogP contribution in [-0.2, 0) is 0 Å². The van der Waals surface area contributed by atoms with Crippen LogP contribution in [0.5, 0.6) is 0 Å². The van der Waals surface area contributed by atoms with Gasteiger partial charge in [0, 0.05) is 13.1 Å². The van der Waals surface area contributed by atoms with Gasteiger partial charge in [-0.1, -0.05) is 59.5 Å². The van der Waals surface area contributed by atoms with Crippen molar-refractivity contribution in [1.29, 1.82) is 0 Å². The van der Waals surface area contributed by atoms with Gasteiger partial charge in [0.05, 0.1) is 0 Å². The average molecular weight is 277 g/mol. The van der Waals surface area contributed by atoms with Gasteiger partial charge in [-0.15, -0.1) is 0 Å². The monoisotopic (exact) mass is 277 g/mol. The summed E-state index contributed by atoms with van der Waals surface area (Å²) in [6.07, 6.45) is 15.1. The summed E-state index contributed by atoms with van der Waals surface area (Å²) in [5, 5.41) is 0. The van der Waals surface area contributed by atoms with Crippen molar-refractivity contribution in [3.05, 3.63) is 12.3 Å². The molecular weight excluding hydrogens is 242 g/mol. The van der Waals surface area contributed by atoms with Gasteiger partial charge in [-0.05, 0) is 48.6 Å². The van der Waals surface area contributed by atoms with Crippen molar-refractivity contribution in [3.63, 3.8) is 0 Å². The Morgan fingerprint density at radius 2 is 1.85 bits per heavy atom. The Bertz CT molecular complexity index is 310. The normalized spacial score (nSPS) is 29.5. The van der Waals surface area contributed by atoms with E-state index in [0.717, 1.165) is 17.8 Å². The number of allylic oxidation sites excluding steroid dienone is 1. The first-order valence-electron chi connectivity index (χ1n) is 8.92. The number of unbranched alkanes of at least 4 members (excludes halogenated alkanes) is 1. The van der Waals surface area contributed by atoms with Crippen molar-refractivity contribution in [2.75, 3.05) is 13.1 Å². The van der Waals surface area contributed by atoms with Crippen molar-refractivity contribution in [2.24, 2.45) is 23.2 Å². The molecule has 0 aromatic heterocycles. The Hall–Kier alpha value is -0.460. The molecule has 0 N–H and O–H groups in total. The third-order valence-electron chi connectivity index (χ3n) is 5.17. The minimum absolute atomic E-state index is 0.607. The summed E-state index contributed by atoms with van der Waals surface area (Å²) >= 11 is 0. The van der Waals surface area contributed by atoms with Crippen LogP contribution in [0.1, 0.15) is 72.6 Å². The highest BCUT2D eigenvalue weighted by Gasteiger charge is 2.42.